The van der Waals surface area contributed by atoms with Gasteiger partial charge in [0.1, 0.15) is 5.76 Å². The fraction of sp³-hybridized carbons (Fsp3) is 0.184. The molecule has 0 aliphatic heterocycles. The predicted octanol–water partition coefficient (Wildman–Crippen LogP) is 11.9. The predicted molar refractivity (Wildman–Crippen MR) is 220 cm³/mol. The number of aliphatic hydroxyl groups is 1. The van der Waals surface area contributed by atoms with Crippen LogP contribution in [0, 0.1) is 20.8 Å². The van der Waals surface area contributed by atoms with Crippen molar-refractivity contribution in [2.24, 2.45) is 0 Å². The zero-order chi connectivity index (χ0) is 37.2. The number of anilines is 2. The molecule has 53 heavy (non-hydrogen) atoms. The molecule has 0 fully saturated rings. The minimum Gasteiger partial charge on any atom is -0.506 e. The lowest BCUT2D eigenvalue weighted by Gasteiger charge is -2.33. The van der Waals surface area contributed by atoms with E-state index in [-0.39, 0.29) is 23.6 Å². The lowest BCUT2D eigenvalue weighted by molar-refractivity contribution is -0.486. The summed E-state index contributed by atoms with van der Waals surface area (Å²) in [6.45, 7) is 13.0. The average Bonchev–Trinajstić information content (AvgIpc) is 3.18. The van der Waals surface area contributed by atoms with Crippen LogP contribution >= 0.6 is 0 Å². The van der Waals surface area contributed by atoms with Crippen molar-refractivity contribution >= 4 is 34.1 Å². The third-order valence-electron chi connectivity index (χ3n) is 10.7. The van der Waals surface area contributed by atoms with Gasteiger partial charge in [0, 0.05) is 47.6 Å². The van der Waals surface area contributed by atoms with E-state index in [1.165, 1.54) is 33.4 Å². The Balaban J connectivity index is 1.21. The summed E-state index contributed by atoms with van der Waals surface area (Å²) in [4.78, 5) is 16.1. The number of aliphatic hydroxyl groups excluding tert-OH is 1. The summed E-state index contributed by atoms with van der Waals surface area (Å²) in [5.74, 6) is -0.104. The van der Waals surface area contributed by atoms with Gasteiger partial charge in [-0.2, -0.15) is 4.58 Å². The van der Waals surface area contributed by atoms with Crippen LogP contribution < -0.4 is 4.90 Å². The first kappa shape index (κ1) is 35.4. The van der Waals surface area contributed by atoms with E-state index in [1.807, 2.05) is 48.6 Å². The summed E-state index contributed by atoms with van der Waals surface area (Å²) in [5, 5.41) is 11.4. The van der Waals surface area contributed by atoms with Crippen molar-refractivity contribution in [1.82, 2.24) is 0 Å². The van der Waals surface area contributed by atoms with Crippen LogP contribution in [-0.4, -0.2) is 21.2 Å². The quantitative estimate of drug-likeness (QED) is 0.123. The molecule has 2 atom stereocenters. The number of nitrogens with zero attached hydrogens (tertiary/aromatic N) is 2. The number of ketones is 1. The van der Waals surface area contributed by atoms with E-state index in [0.29, 0.717) is 22.3 Å². The van der Waals surface area contributed by atoms with Gasteiger partial charge in [0.15, 0.2) is 6.04 Å². The summed E-state index contributed by atoms with van der Waals surface area (Å²) in [6, 6.07) is 42.3. The zero-order valence-electron chi connectivity index (χ0n) is 31.5. The highest BCUT2D eigenvalue weighted by atomic mass is 16.3. The van der Waals surface area contributed by atoms with Gasteiger partial charge in [-0.1, -0.05) is 103 Å². The summed E-state index contributed by atoms with van der Waals surface area (Å²) < 4.78 is 2.34. The lowest BCUT2D eigenvalue weighted by atomic mass is 9.80. The van der Waals surface area contributed by atoms with Gasteiger partial charge in [0.25, 0.3) is 0 Å². The summed E-state index contributed by atoms with van der Waals surface area (Å²) in [6.07, 6.45) is 8.97. The van der Waals surface area contributed by atoms with E-state index in [0.717, 1.165) is 29.2 Å². The van der Waals surface area contributed by atoms with Crippen LogP contribution in [0.5, 0.6) is 0 Å². The molecule has 2 aliphatic carbocycles. The van der Waals surface area contributed by atoms with Gasteiger partial charge in [0.2, 0.25) is 17.2 Å². The Labute approximate surface area is 314 Å². The Bertz CT molecular complexity index is 2320. The number of hydrogen-bond donors (Lipinski definition) is 1. The fourth-order valence-electron chi connectivity index (χ4n) is 7.70. The lowest BCUT2D eigenvalue weighted by Crippen LogP contribution is -2.24. The molecule has 7 rings (SSSR count). The minimum absolute atomic E-state index is 0.0416. The molecule has 4 heteroatoms. The van der Waals surface area contributed by atoms with Crippen LogP contribution in [0.3, 0.4) is 0 Å². The Morgan fingerprint density at radius 3 is 1.91 bits per heavy atom. The minimum atomic E-state index is -0.146. The van der Waals surface area contributed by atoms with Crippen molar-refractivity contribution in [3.63, 3.8) is 0 Å². The Hall–Kier alpha value is -6.00. The maximum absolute atomic E-state index is 13.7. The highest BCUT2D eigenvalue weighted by molar-refractivity contribution is 6.39. The normalized spacial score (nSPS) is 15.1. The Morgan fingerprint density at radius 1 is 0.679 bits per heavy atom. The highest BCUT2D eigenvalue weighted by Crippen LogP contribution is 2.42. The largest absolute Gasteiger partial charge is 0.506 e. The Kier molecular flexibility index (Phi) is 9.97. The maximum atomic E-state index is 13.7. The van der Waals surface area contributed by atoms with Crippen molar-refractivity contribution in [3.8, 4) is 0 Å². The standard InChI is InChI=1S/C49H46N2O2/c1-7-37-19-29-45(34(4)31-37)51(36(6)39-16-12-9-13-17-39)43-26-22-41(23-27-43)47-48(52)46(49(47)53)40-20-24-42(25-21-40)50(35(5)38-14-10-8-11-15-38)44-28-18-32(2)30-33(44)3/h8-31,35-36H,7H2,1-6H3/p+1. The fourth-order valence-corrected chi connectivity index (χ4v) is 7.70. The number of aryl methyl sites for hydroxylation is 4. The molecule has 1 N–H and O–H groups in total. The summed E-state index contributed by atoms with van der Waals surface area (Å²) >= 11 is 0. The molecule has 0 spiro atoms. The molecule has 0 amide bonds. The second-order valence-electron chi connectivity index (χ2n) is 14.2. The second kappa shape index (κ2) is 14.9. The number of carbonyl (C=O) groups is 1. The van der Waals surface area contributed by atoms with Gasteiger partial charge in [-0.3, -0.25) is 4.79 Å². The molecule has 264 valence electrons. The molecule has 0 heterocycles. The maximum Gasteiger partial charge on any atom is 0.209 e. The molecule has 0 radical (unpaired) electrons. The number of allylic oxidation sites excluding steroid dienone is 7. The number of benzene rings is 5. The molecule has 0 bridgehead atoms. The van der Waals surface area contributed by atoms with E-state index in [1.54, 1.807) is 0 Å². The average molecular weight is 696 g/mol. The zero-order valence-corrected chi connectivity index (χ0v) is 31.5. The number of Topliss-reactive ketones (excluding diaryl/α,β-unsaturated/α-hetero) is 1. The Morgan fingerprint density at radius 2 is 1.32 bits per heavy atom. The molecule has 0 saturated carbocycles. The van der Waals surface area contributed by atoms with E-state index < -0.39 is 0 Å². The van der Waals surface area contributed by atoms with Crippen molar-refractivity contribution in [2.45, 2.75) is 60.0 Å². The first-order chi connectivity index (χ1) is 25.7. The van der Waals surface area contributed by atoms with E-state index in [4.69, 9.17) is 0 Å². The van der Waals surface area contributed by atoms with Crippen LogP contribution in [0.4, 0.5) is 17.1 Å². The smallest absolute Gasteiger partial charge is 0.209 e. The van der Waals surface area contributed by atoms with Crippen LogP contribution in [0.1, 0.15) is 71.8 Å². The van der Waals surface area contributed by atoms with Gasteiger partial charge in [-0.25, -0.2) is 0 Å². The topological polar surface area (TPSA) is 43.5 Å². The van der Waals surface area contributed by atoms with Crippen LogP contribution in [0.25, 0.3) is 5.57 Å². The van der Waals surface area contributed by atoms with Gasteiger partial charge >= 0.3 is 0 Å². The van der Waals surface area contributed by atoms with Crippen LogP contribution in [0.15, 0.2) is 163 Å². The highest BCUT2D eigenvalue weighted by Gasteiger charge is 2.37. The number of rotatable bonds is 9. The van der Waals surface area contributed by atoms with Crippen molar-refractivity contribution in [1.29, 1.82) is 0 Å². The second-order valence-corrected chi connectivity index (χ2v) is 14.2. The molecule has 5 aromatic carbocycles. The van der Waals surface area contributed by atoms with Crippen LogP contribution in [-0.2, 0) is 11.2 Å². The van der Waals surface area contributed by atoms with Crippen molar-refractivity contribution < 1.29 is 14.5 Å². The van der Waals surface area contributed by atoms with Gasteiger partial charge in [0.05, 0.1) is 17.2 Å². The van der Waals surface area contributed by atoms with Gasteiger partial charge < -0.3 is 10.0 Å². The van der Waals surface area contributed by atoms with E-state index in [9.17, 15) is 9.90 Å². The SMILES string of the molecule is CCc1ccc(N(c2ccc(C3=C(O)C(=C4C=CC(=[N+](c5ccc(C)cc5C)C(C)c5ccccc5)C=C4)C3=O)cc2)C(C)c2ccccc2)c(C)c1. The number of hydrogen-bond acceptors (Lipinski definition) is 3. The summed E-state index contributed by atoms with van der Waals surface area (Å²) in [7, 11) is 0. The molecular weight excluding hydrogens is 649 g/mol. The van der Waals surface area contributed by atoms with E-state index >= 15 is 0 Å². The molecule has 0 aromatic heterocycles. The van der Waals surface area contributed by atoms with Crippen LogP contribution in [0.2, 0.25) is 0 Å². The summed E-state index contributed by atoms with van der Waals surface area (Å²) in [5.41, 5.74) is 13.8. The number of carbonyl (C=O) groups excluding carboxylic acids is 1. The van der Waals surface area contributed by atoms with E-state index in [2.05, 4.69) is 148 Å². The first-order valence-corrected chi connectivity index (χ1v) is 18.6. The van der Waals surface area contributed by atoms with Gasteiger partial charge in [-0.05, 0) is 98.4 Å². The molecule has 5 aromatic rings. The van der Waals surface area contributed by atoms with Gasteiger partial charge in [-0.15, -0.1) is 0 Å². The molecule has 4 nitrogen and oxygen atoms in total. The molecule has 2 aliphatic rings. The third kappa shape index (κ3) is 6.85. The van der Waals surface area contributed by atoms with Crippen molar-refractivity contribution in [3.05, 3.63) is 201 Å². The third-order valence-corrected chi connectivity index (χ3v) is 10.7. The first-order valence-electron chi connectivity index (χ1n) is 18.6. The monoisotopic (exact) mass is 695 g/mol. The molecule has 2 unspecified atom stereocenters. The van der Waals surface area contributed by atoms with Crippen molar-refractivity contribution in [2.75, 3.05) is 4.90 Å². The molecular formula is C49H47N2O2+. The molecule has 0 saturated heterocycles.